The van der Waals surface area contributed by atoms with Crippen molar-refractivity contribution >= 4 is 41.5 Å². The molecule has 6 nitrogen and oxygen atoms in total. The van der Waals surface area contributed by atoms with Gasteiger partial charge in [-0.2, -0.15) is 0 Å². The molecular weight excluding hydrogens is 477 g/mol. The number of amides is 1. The maximum absolute atomic E-state index is 11.9. The molecule has 2 saturated heterocycles. The Balaban J connectivity index is 0.00000300. The summed E-state index contributed by atoms with van der Waals surface area (Å²) in [6.07, 6.45) is 5.58. The van der Waals surface area contributed by atoms with Gasteiger partial charge in [-0.3, -0.25) is 14.7 Å². The van der Waals surface area contributed by atoms with Crippen LogP contribution in [0.3, 0.4) is 0 Å². The van der Waals surface area contributed by atoms with E-state index in [2.05, 4.69) is 46.5 Å². The second kappa shape index (κ2) is 11.7. The zero-order valence-corrected chi connectivity index (χ0v) is 20.3. The monoisotopic (exact) mass is 513 g/mol. The van der Waals surface area contributed by atoms with Gasteiger partial charge in [0.2, 0.25) is 5.91 Å². The first-order valence-electron chi connectivity index (χ1n) is 10.7. The summed E-state index contributed by atoms with van der Waals surface area (Å²) in [6, 6.07) is 9.40. The first-order chi connectivity index (χ1) is 13.6. The SMILES string of the molecule is CN=C(NCc1ccc(N2CCCC2=O)cc1)NCC(C)N1CCCCC1C.I. The van der Waals surface area contributed by atoms with Gasteiger partial charge in [-0.15, -0.1) is 24.0 Å². The highest BCUT2D eigenvalue weighted by Gasteiger charge is 2.23. The number of rotatable bonds is 6. The van der Waals surface area contributed by atoms with E-state index in [0.29, 0.717) is 25.0 Å². The molecule has 2 unspecified atom stereocenters. The molecule has 2 aliphatic heterocycles. The highest BCUT2D eigenvalue weighted by molar-refractivity contribution is 14.0. The van der Waals surface area contributed by atoms with Crippen LogP contribution in [0, 0.1) is 0 Å². The lowest BCUT2D eigenvalue weighted by atomic mass is 10.0. The van der Waals surface area contributed by atoms with Gasteiger partial charge in [0, 0.05) is 50.9 Å². The third kappa shape index (κ3) is 6.57. The fourth-order valence-corrected chi connectivity index (χ4v) is 4.26. The number of aliphatic imine (C=N–C) groups is 1. The van der Waals surface area contributed by atoms with E-state index in [4.69, 9.17) is 0 Å². The molecule has 3 rings (SSSR count). The summed E-state index contributed by atoms with van der Waals surface area (Å²) in [7, 11) is 1.81. The van der Waals surface area contributed by atoms with Crippen LogP contribution in [0.1, 0.15) is 51.5 Å². The van der Waals surface area contributed by atoms with E-state index in [0.717, 1.165) is 31.2 Å². The lowest BCUT2D eigenvalue weighted by Crippen LogP contribution is -2.50. The first kappa shape index (κ1) is 23.9. The van der Waals surface area contributed by atoms with Crippen molar-refractivity contribution in [1.82, 2.24) is 15.5 Å². The standard InChI is InChI=1S/C22H35N5O.HI/c1-17-7-4-5-13-26(17)18(2)15-24-22(23-3)25-16-19-9-11-20(12-10-19)27-14-6-8-21(27)28;/h9-12,17-18H,4-8,13-16H2,1-3H3,(H2,23,24,25);1H. The number of likely N-dealkylation sites (tertiary alicyclic amines) is 1. The average molecular weight is 513 g/mol. The van der Waals surface area contributed by atoms with Crippen LogP contribution in [0.25, 0.3) is 0 Å². The lowest BCUT2D eigenvalue weighted by molar-refractivity contribution is -0.117. The summed E-state index contributed by atoms with van der Waals surface area (Å²) in [4.78, 5) is 20.7. The molecule has 0 saturated carbocycles. The van der Waals surface area contributed by atoms with Crippen molar-refractivity contribution in [3.63, 3.8) is 0 Å². The van der Waals surface area contributed by atoms with Gasteiger partial charge in [-0.1, -0.05) is 18.6 Å². The number of carbonyl (C=O) groups excluding carboxylic acids is 1. The van der Waals surface area contributed by atoms with E-state index >= 15 is 0 Å². The van der Waals surface area contributed by atoms with Crippen molar-refractivity contribution in [2.24, 2.45) is 4.99 Å². The maximum Gasteiger partial charge on any atom is 0.227 e. The minimum Gasteiger partial charge on any atom is -0.355 e. The van der Waals surface area contributed by atoms with Gasteiger partial charge in [0.25, 0.3) is 0 Å². The Morgan fingerprint density at radius 3 is 2.55 bits per heavy atom. The molecule has 0 spiro atoms. The van der Waals surface area contributed by atoms with Gasteiger partial charge >= 0.3 is 0 Å². The molecular formula is C22H36IN5O. The van der Waals surface area contributed by atoms with Crippen LogP contribution >= 0.6 is 24.0 Å². The second-order valence-electron chi connectivity index (χ2n) is 8.05. The van der Waals surface area contributed by atoms with Gasteiger partial charge in [-0.05, 0) is 57.4 Å². The van der Waals surface area contributed by atoms with Gasteiger partial charge in [0.05, 0.1) is 0 Å². The van der Waals surface area contributed by atoms with Crippen molar-refractivity contribution in [1.29, 1.82) is 0 Å². The van der Waals surface area contributed by atoms with Crippen molar-refractivity contribution < 1.29 is 4.79 Å². The number of nitrogens with zero attached hydrogens (tertiary/aromatic N) is 3. The molecule has 0 radical (unpaired) electrons. The third-order valence-corrected chi connectivity index (χ3v) is 5.99. The Bertz CT molecular complexity index is 678. The summed E-state index contributed by atoms with van der Waals surface area (Å²) in [5.74, 6) is 1.06. The lowest BCUT2D eigenvalue weighted by Gasteiger charge is -2.38. The molecule has 1 aromatic rings. The van der Waals surface area contributed by atoms with Crippen molar-refractivity contribution in [3.8, 4) is 0 Å². The molecule has 0 bridgehead atoms. The number of guanidine groups is 1. The van der Waals surface area contributed by atoms with Crippen molar-refractivity contribution in [3.05, 3.63) is 29.8 Å². The fraction of sp³-hybridized carbons (Fsp3) is 0.636. The number of hydrogen-bond donors (Lipinski definition) is 2. The van der Waals surface area contributed by atoms with Crippen LogP contribution in [0.15, 0.2) is 29.3 Å². The number of halogens is 1. The topological polar surface area (TPSA) is 60.0 Å². The van der Waals surface area contributed by atoms with E-state index in [1.807, 2.05) is 24.1 Å². The number of benzene rings is 1. The van der Waals surface area contributed by atoms with E-state index in [9.17, 15) is 4.79 Å². The molecule has 2 N–H and O–H groups in total. The molecule has 162 valence electrons. The quantitative estimate of drug-likeness (QED) is 0.348. The average Bonchev–Trinajstić information content (AvgIpc) is 3.14. The number of carbonyl (C=O) groups is 1. The number of anilines is 1. The van der Waals surface area contributed by atoms with E-state index in [1.165, 1.54) is 31.4 Å². The molecule has 29 heavy (non-hydrogen) atoms. The van der Waals surface area contributed by atoms with Gasteiger partial charge in [0.1, 0.15) is 0 Å². The van der Waals surface area contributed by atoms with Crippen molar-refractivity contribution in [2.75, 3.05) is 31.6 Å². The second-order valence-corrected chi connectivity index (χ2v) is 8.05. The number of nitrogens with one attached hydrogen (secondary N) is 2. The highest BCUT2D eigenvalue weighted by Crippen LogP contribution is 2.21. The summed E-state index contributed by atoms with van der Waals surface area (Å²) in [6.45, 7) is 8.26. The van der Waals surface area contributed by atoms with E-state index in [-0.39, 0.29) is 29.9 Å². The highest BCUT2D eigenvalue weighted by atomic mass is 127. The van der Waals surface area contributed by atoms with E-state index in [1.54, 1.807) is 0 Å². The Kier molecular flexibility index (Phi) is 9.68. The van der Waals surface area contributed by atoms with Crippen LogP contribution in [0.2, 0.25) is 0 Å². The molecule has 0 aromatic heterocycles. The molecule has 2 atom stereocenters. The van der Waals surface area contributed by atoms with Gasteiger partial charge in [0.15, 0.2) is 5.96 Å². The Hall–Kier alpha value is -1.35. The molecule has 2 heterocycles. The predicted octanol–water partition coefficient (Wildman–Crippen LogP) is 3.36. The van der Waals surface area contributed by atoms with Crippen LogP contribution in [-0.2, 0) is 11.3 Å². The Labute approximate surface area is 192 Å². The van der Waals surface area contributed by atoms with Gasteiger partial charge in [-0.25, -0.2) is 0 Å². The molecule has 1 aromatic carbocycles. The van der Waals surface area contributed by atoms with Crippen LogP contribution in [-0.4, -0.2) is 55.5 Å². The van der Waals surface area contributed by atoms with Crippen LogP contribution < -0.4 is 15.5 Å². The molecule has 0 aliphatic carbocycles. The van der Waals surface area contributed by atoms with Crippen LogP contribution in [0.5, 0.6) is 0 Å². The number of hydrogen-bond acceptors (Lipinski definition) is 3. The summed E-state index contributed by atoms with van der Waals surface area (Å²) in [5, 5.41) is 6.86. The molecule has 7 heteroatoms. The molecule has 1 amide bonds. The zero-order chi connectivity index (χ0) is 19.9. The largest absolute Gasteiger partial charge is 0.355 e. The normalized spacial score (nSPS) is 21.6. The van der Waals surface area contributed by atoms with Gasteiger partial charge < -0.3 is 15.5 Å². The fourth-order valence-electron chi connectivity index (χ4n) is 4.26. The van der Waals surface area contributed by atoms with Crippen molar-refractivity contribution in [2.45, 2.75) is 64.6 Å². The summed E-state index contributed by atoms with van der Waals surface area (Å²) >= 11 is 0. The number of piperidine rings is 1. The predicted molar refractivity (Wildman–Crippen MR) is 131 cm³/mol. The van der Waals surface area contributed by atoms with Crippen LogP contribution in [0.4, 0.5) is 5.69 Å². The Morgan fingerprint density at radius 2 is 1.93 bits per heavy atom. The molecule has 2 fully saturated rings. The first-order valence-corrected chi connectivity index (χ1v) is 10.7. The Morgan fingerprint density at radius 1 is 1.17 bits per heavy atom. The van der Waals surface area contributed by atoms with E-state index < -0.39 is 0 Å². The third-order valence-electron chi connectivity index (χ3n) is 5.99. The summed E-state index contributed by atoms with van der Waals surface area (Å²) in [5.41, 5.74) is 2.18. The minimum atomic E-state index is 0. The maximum atomic E-state index is 11.9. The summed E-state index contributed by atoms with van der Waals surface area (Å²) < 4.78 is 0. The molecule has 2 aliphatic rings. The minimum absolute atomic E-state index is 0. The smallest absolute Gasteiger partial charge is 0.227 e. The zero-order valence-electron chi connectivity index (χ0n) is 18.0.